The SMILES string of the molecule is C[C@H](N(c1c(C#N)c2cc(Cl)cnc2n1-c1ccccc1)S(=O)(=O)c1cccnc1)C(F)(F)F. The number of nitrogens with zero attached hydrogens (tertiary/aromatic N) is 5. The molecule has 3 heterocycles. The van der Waals surface area contributed by atoms with Gasteiger partial charge in [-0.2, -0.15) is 18.4 Å². The first-order chi connectivity index (χ1) is 16.1. The highest BCUT2D eigenvalue weighted by molar-refractivity contribution is 7.92. The molecule has 0 spiro atoms. The van der Waals surface area contributed by atoms with Crippen molar-refractivity contribution in [2.24, 2.45) is 0 Å². The van der Waals surface area contributed by atoms with E-state index in [0.717, 1.165) is 12.3 Å². The minimum absolute atomic E-state index is 0.0721. The molecule has 1 atom stereocenters. The molecule has 0 aliphatic heterocycles. The van der Waals surface area contributed by atoms with Crippen molar-refractivity contribution in [2.45, 2.75) is 24.0 Å². The summed E-state index contributed by atoms with van der Waals surface area (Å²) in [6, 6.07) is 11.2. The lowest BCUT2D eigenvalue weighted by Gasteiger charge is -2.32. The molecule has 12 heteroatoms. The third-order valence-electron chi connectivity index (χ3n) is 5.10. The van der Waals surface area contributed by atoms with Crippen LogP contribution in [0.5, 0.6) is 0 Å². The van der Waals surface area contributed by atoms with Crippen molar-refractivity contribution in [1.29, 1.82) is 5.26 Å². The highest BCUT2D eigenvalue weighted by Crippen LogP contribution is 2.41. The van der Waals surface area contributed by atoms with E-state index in [1.165, 1.54) is 29.1 Å². The number of hydrogen-bond donors (Lipinski definition) is 0. The monoisotopic (exact) mass is 505 g/mol. The number of rotatable bonds is 5. The summed E-state index contributed by atoms with van der Waals surface area (Å²) in [5.41, 5.74) is 0.0555. The zero-order chi connectivity index (χ0) is 24.7. The van der Waals surface area contributed by atoms with Gasteiger partial charge in [0.05, 0.1) is 5.02 Å². The van der Waals surface area contributed by atoms with Gasteiger partial charge in [-0.3, -0.25) is 9.55 Å². The normalized spacial score (nSPS) is 12.9. The Labute approximate surface area is 197 Å². The zero-order valence-electron chi connectivity index (χ0n) is 17.4. The number of halogens is 4. The Bertz CT molecular complexity index is 1500. The Kier molecular flexibility index (Phi) is 5.97. The van der Waals surface area contributed by atoms with Gasteiger partial charge >= 0.3 is 6.18 Å². The van der Waals surface area contributed by atoms with E-state index in [0.29, 0.717) is 12.6 Å². The van der Waals surface area contributed by atoms with E-state index in [2.05, 4.69) is 9.97 Å². The molecule has 0 aliphatic rings. The van der Waals surface area contributed by atoms with Gasteiger partial charge in [0.25, 0.3) is 10.0 Å². The fraction of sp³-hybridized carbons (Fsp3) is 0.136. The van der Waals surface area contributed by atoms with Crippen LogP contribution in [0, 0.1) is 11.3 Å². The Hall–Kier alpha value is -3.62. The largest absolute Gasteiger partial charge is 0.409 e. The van der Waals surface area contributed by atoms with Crippen LogP contribution in [0.1, 0.15) is 12.5 Å². The maximum Gasteiger partial charge on any atom is 0.409 e. The minimum Gasteiger partial charge on any atom is -0.278 e. The van der Waals surface area contributed by atoms with Crippen LogP contribution in [0.3, 0.4) is 0 Å². The van der Waals surface area contributed by atoms with Gasteiger partial charge in [-0.25, -0.2) is 17.7 Å². The molecule has 0 amide bonds. The van der Waals surface area contributed by atoms with E-state index >= 15 is 0 Å². The summed E-state index contributed by atoms with van der Waals surface area (Å²) in [5, 5.41) is 10.2. The molecule has 0 N–H and O–H groups in total. The van der Waals surface area contributed by atoms with Crippen molar-refractivity contribution >= 4 is 38.5 Å². The molecule has 4 rings (SSSR count). The van der Waals surface area contributed by atoms with E-state index in [9.17, 15) is 26.9 Å². The standard InChI is InChI=1S/C22H15ClF3N5O2S/c1-14(22(24,25)26)31(34(32,33)17-8-5-9-28-13-17)21-19(11-27)18-10-15(23)12-29-20(18)30(21)16-6-3-2-4-7-16/h2-10,12-14H,1H3/t14-/m0/s1. The summed E-state index contributed by atoms with van der Waals surface area (Å²) in [6.07, 6.45) is -1.46. The number of anilines is 1. The molecule has 1 aromatic carbocycles. The van der Waals surface area contributed by atoms with Crippen LogP contribution in [0.25, 0.3) is 16.7 Å². The molecule has 0 bridgehead atoms. The Morgan fingerprint density at radius 3 is 2.44 bits per heavy atom. The van der Waals surface area contributed by atoms with Crippen LogP contribution in [0.4, 0.5) is 19.0 Å². The Morgan fingerprint density at radius 1 is 1.15 bits per heavy atom. The molecule has 34 heavy (non-hydrogen) atoms. The van der Waals surface area contributed by atoms with Crippen LogP contribution in [-0.4, -0.2) is 35.2 Å². The zero-order valence-corrected chi connectivity index (χ0v) is 19.0. The highest BCUT2D eigenvalue weighted by atomic mass is 35.5. The maximum atomic E-state index is 14.1. The van der Waals surface area contributed by atoms with Crippen molar-refractivity contribution in [3.63, 3.8) is 0 Å². The van der Waals surface area contributed by atoms with Crippen molar-refractivity contribution in [3.8, 4) is 11.8 Å². The van der Waals surface area contributed by atoms with Gasteiger partial charge in [-0.05, 0) is 37.3 Å². The van der Waals surface area contributed by atoms with Crippen LogP contribution in [-0.2, 0) is 10.0 Å². The predicted molar refractivity (Wildman–Crippen MR) is 120 cm³/mol. The van der Waals surface area contributed by atoms with Crippen molar-refractivity contribution in [1.82, 2.24) is 14.5 Å². The van der Waals surface area contributed by atoms with Gasteiger partial charge in [-0.1, -0.05) is 29.8 Å². The van der Waals surface area contributed by atoms with Crippen LogP contribution in [0.2, 0.25) is 5.02 Å². The predicted octanol–water partition coefficient (Wildman–Crippen LogP) is 5.09. The second-order valence-electron chi connectivity index (χ2n) is 7.21. The fourth-order valence-electron chi connectivity index (χ4n) is 3.52. The van der Waals surface area contributed by atoms with Gasteiger partial charge in [0.2, 0.25) is 0 Å². The Balaban J connectivity index is 2.18. The number of fused-ring (bicyclic) bond motifs is 1. The topological polar surface area (TPSA) is 91.9 Å². The molecule has 0 aliphatic carbocycles. The van der Waals surface area contributed by atoms with E-state index < -0.39 is 33.0 Å². The van der Waals surface area contributed by atoms with Gasteiger partial charge in [-0.15, -0.1) is 0 Å². The van der Waals surface area contributed by atoms with Crippen LogP contribution < -0.4 is 4.31 Å². The number of para-hydroxylation sites is 1. The summed E-state index contributed by atoms with van der Waals surface area (Å²) in [5.74, 6) is -0.507. The third-order valence-corrected chi connectivity index (χ3v) is 7.15. The maximum absolute atomic E-state index is 14.1. The van der Waals surface area contributed by atoms with Gasteiger partial charge in [0.15, 0.2) is 0 Å². The number of benzene rings is 1. The molecule has 0 saturated heterocycles. The highest BCUT2D eigenvalue weighted by Gasteiger charge is 2.48. The number of hydrogen-bond acceptors (Lipinski definition) is 5. The van der Waals surface area contributed by atoms with Gasteiger partial charge in [0, 0.05) is 29.7 Å². The van der Waals surface area contributed by atoms with Crippen LogP contribution in [0.15, 0.2) is 72.0 Å². The van der Waals surface area contributed by atoms with Crippen LogP contribution >= 0.6 is 11.6 Å². The molecule has 0 unspecified atom stereocenters. The second-order valence-corrected chi connectivity index (χ2v) is 9.46. The van der Waals surface area contributed by atoms with E-state index in [1.54, 1.807) is 30.3 Å². The molecule has 3 aromatic heterocycles. The summed E-state index contributed by atoms with van der Waals surface area (Å²) in [6.45, 7) is 0.711. The summed E-state index contributed by atoms with van der Waals surface area (Å²) in [4.78, 5) is 7.48. The summed E-state index contributed by atoms with van der Waals surface area (Å²) >= 11 is 6.05. The average molecular weight is 506 g/mol. The molecular formula is C22H15ClF3N5O2S. The smallest absolute Gasteiger partial charge is 0.278 e. The van der Waals surface area contributed by atoms with Gasteiger partial charge in [0.1, 0.15) is 34.0 Å². The van der Waals surface area contributed by atoms with E-state index in [-0.39, 0.29) is 25.9 Å². The summed E-state index contributed by atoms with van der Waals surface area (Å²) < 4.78 is 70.9. The molecular weight excluding hydrogens is 491 g/mol. The summed E-state index contributed by atoms with van der Waals surface area (Å²) in [7, 11) is -4.84. The molecule has 0 fully saturated rings. The number of pyridine rings is 2. The van der Waals surface area contributed by atoms with Crippen molar-refractivity contribution in [2.75, 3.05) is 4.31 Å². The molecule has 4 aromatic rings. The first kappa shape index (κ1) is 23.5. The lowest BCUT2D eigenvalue weighted by molar-refractivity contribution is -0.142. The second kappa shape index (κ2) is 8.62. The third kappa shape index (κ3) is 3.95. The number of sulfonamides is 1. The lowest BCUT2D eigenvalue weighted by atomic mass is 10.2. The lowest BCUT2D eigenvalue weighted by Crippen LogP contribution is -2.48. The van der Waals surface area contributed by atoms with E-state index in [1.807, 2.05) is 6.07 Å². The van der Waals surface area contributed by atoms with Crippen molar-refractivity contribution in [3.05, 3.63) is 77.7 Å². The molecule has 7 nitrogen and oxygen atoms in total. The van der Waals surface area contributed by atoms with Gasteiger partial charge < -0.3 is 0 Å². The number of alkyl halides is 3. The molecule has 174 valence electrons. The average Bonchev–Trinajstić information content (AvgIpc) is 3.12. The van der Waals surface area contributed by atoms with Crippen molar-refractivity contribution < 1.29 is 21.6 Å². The minimum atomic E-state index is -4.97. The first-order valence-corrected chi connectivity index (χ1v) is 11.6. The number of nitriles is 1. The first-order valence-electron chi connectivity index (χ1n) is 9.74. The molecule has 0 radical (unpaired) electrons. The van der Waals surface area contributed by atoms with E-state index in [4.69, 9.17) is 11.6 Å². The number of aromatic nitrogens is 3. The quantitative estimate of drug-likeness (QED) is 0.376. The Morgan fingerprint density at radius 2 is 1.85 bits per heavy atom. The molecule has 0 saturated carbocycles. The fourth-order valence-corrected chi connectivity index (χ4v) is 5.29.